The van der Waals surface area contributed by atoms with Gasteiger partial charge >= 0.3 is 0 Å². The number of hydrogen-bond donors (Lipinski definition) is 0. The van der Waals surface area contributed by atoms with E-state index in [9.17, 15) is 0 Å². The Morgan fingerprint density at radius 1 is 0.714 bits per heavy atom. The monoisotopic (exact) mass is 324 g/mol. The predicted molar refractivity (Wildman–Crippen MR) is 103 cm³/mol. The van der Waals surface area contributed by atoms with Gasteiger partial charge in [0.1, 0.15) is 0 Å². The van der Waals surface area contributed by atoms with E-state index in [0.717, 1.165) is 28.8 Å². The van der Waals surface area contributed by atoms with E-state index >= 15 is 0 Å². The summed E-state index contributed by atoms with van der Waals surface area (Å²) in [5, 5.41) is 0. The van der Waals surface area contributed by atoms with Crippen molar-refractivity contribution in [3.63, 3.8) is 0 Å². The molecule has 0 aromatic carbocycles. The van der Waals surface area contributed by atoms with E-state index in [1.807, 2.05) is 0 Å². The first-order chi connectivity index (χ1) is 9.63. The van der Waals surface area contributed by atoms with Crippen molar-refractivity contribution in [2.24, 2.45) is 17.8 Å². The fourth-order valence-corrected chi connectivity index (χ4v) is 9.52. The second kappa shape index (κ2) is 6.51. The van der Waals surface area contributed by atoms with Crippen molar-refractivity contribution in [2.45, 2.75) is 102 Å². The molecule has 2 heteroatoms. The lowest BCUT2D eigenvalue weighted by atomic mass is 9.78. The zero-order chi connectivity index (χ0) is 15.8. The Balaban J connectivity index is 1.96. The average Bonchev–Trinajstić information content (AvgIpc) is 2.96. The maximum atomic E-state index is 2.60. The van der Waals surface area contributed by atoms with Crippen LogP contribution in [0.1, 0.15) is 51.9 Å². The van der Waals surface area contributed by atoms with Gasteiger partial charge in [0.05, 0.1) is 0 Å². The third kappa shape index (κ3) is 4.25. The van der Waals surface area contributed by atoms with Gasteiger partial charge in [-0.25, -0.2) is 0 Å². The Kier molecular flexibility index (Phi) is 5.51. The summed E-state index contributed by atoms with van der Waals surface area (Å²) in [7, 11) is -1.80. The Hall–Kier alpha value is 0.434. The molecule has 0 amide bonds. The molecule has 0 radical (unpaired) electrons. The lowest BCUT2D eigenvalue weighted by Gasteiger charge is -2.31. The van der Waals surface area contributed by atoms with Gasteiger partial charge in [-0.15, -0.1) is 0 Å². The van der Waals surface area contributed by atoms with Gasteiger partial charge in [0.2, 0.25) is 0 Å². The minimum Gasteiger partial charge on any atom is -0.0693 e. The standard InChI is InChI=1S/C19H40Si2/c1-8-19(15-9-11-17(13-15)20(2,3)4)16-10-12-18(14-16)21(5,6)7/h15-19H,8-14H2,1-7H3. The summed E-state index contributed by atoms with van der Waals surface area (Å²) in [6.45, 7) is 18.1. The van der Waals surface area contributed by atoms with Gasteiger partial charge in [0.15, 0.2) is 0 Å². The third-order valence-corrected chi connectivity index (χ3v) is 13.0. The normalized spacial score (nSPS) is 36.1. The molecule has 21 heavy (non-hydrogen) atoms. The molecule has 0 aliphatic heterocycles. The van der Waals surface area contributed by atoms with Gasteiger partial charge in [-0.2, -0.15) is 0 Å². The maximum absolute atomic E-state index is 2.60. The topological polar surface area (TPSA) is 0 Å². The summed E-state index contributed by atoms with van der Waals surface area (Å²) in [5.41, 5.74) is 2.23. The van der Waals surface area contributed by atoms with Gasteiger partial charge in [-0.1, -0.05) is 78.3 Å². The van der Waals surface area contributed by atoms with E-state index < -0.39 is 16.1 Å². The van der Waals surface area contributed by atoms with Gasteiger partial charge in [0.25, 0.3) is 0 Å². The second-order valence-electron chi connectivity index (χ2n) is 10.3. The molecule has 2 aliphatic carbocycles. The van der Waals surface area contributed by atoms with Gasteiger partial charge in [0, 0.05) is 16.1 Å². The molecule has 0 nitrogen and oxygen atoms in total. The van der Waals surface area contributed by atoms with Gasteiger partial charge < -0.3 is 0 Å². The molecular weight excluding hydrogens is 284 g/mol. The van der Waals surface area contributed by atoms with Crippen LogP contribution in [0.5, 0.6) is 0 Å². The van der Waals surface area contributed by atoms with Crippen molar-refractivity contribution >= 4 is 16.1 Å². The number of hydrogen-bond acceptors (Lipinski definition) is 0. The maximum Gasteiger partial charge on any atom is 0.0473 e. The second-order valence-corrected chi connectivity index (χ2v) is 21.4. The van der Waals surface area contributed by atoms with Crippen LogP contribution in [0.2, 0.25) is 50.4 Å². The molecule has 0 aromatic heterocycles. The smallest absolute Gasteiger partial charge is 0.0473 e. The van der Waals surface area contributed by atoms with Crippen molar-refractivity contribution in [2.75, 3.05) is 0 Å². The van der Waals surface area contributed by atoms with Crippen LogP contribution in [0, 0.1) is 17.8 Å². The van der Waals surface area contributed by atoms with E-state index in [0.29, 0.717) is 0 Å². The lowest BCUT2D eigenvalue weighted by molar-refractivity contribution is 0.223. The largest absolute Gasteiger partial charge is 0.0693 e. The van der Waals surface area contributed by atoms with Crippen LogP contribution in [0.4, 0.5) is 0 Å². The number of rotatable bonds is 5. The zero-order valence-electron chi connectivity index (χ0n) is 15.8. The van der Waals surface area contributed by atoms with Crippen molar-refractivity contribution in [3.8, 4) is 0 Å². The van der Waals surface area contributed by atoms with E-state index in [1.54, 1.807) is 38.5 Å². The summed E-state index contributed by atoms with van der Waals surface area (Å²) < 4.78 is 0. The predicted octanol–water partition coefficient (Wildman–Crippen LogP) is 7.03. The van der Waals surface area contributed by atoms with Crippen molar-refractivity contribution in [1.29, 1.82) is 0 Å². The Bertz CT molecular complexity index is 304. The van der Waals surface area contributed by atoms with E-state index in [4.69, 9.17) is 0 Å². The van der Waals surface area contributed by atoms with Crippen LogP contribution in [0.15, 0.2) is 0 Å². The molecule has 0 heterocycles. The summed E-state index contributed by atoms with van der Waals surface area (Å²) in [6, 6.07) is 0. The molecule has 0 saturated heterocycles. The Labute approximate surface area is 136 Å². The van der Waals surface area contributed by atoms with Crippen LogP contribution < -0.4 is 0 Å². The molecule has 2 aliphatic rings. The highest BCUT2D eigenvalue weighted by Gasteiger charge is 2.42. The van der Waals surface area contributed by atoms with E-state index in [2.05, 4.69) is 46.2 Å². The van der Waals surface area contributed by atoms with E-state index in [1.165, 1.54) is 6.42 Å². The molecule has 0 N–H and O–H groups in total. The third-order valence-electron chi connectivity index (χ3n) is 7.08. The first-order valence-electron chi connectivity index (χ1n) is 9.63. The fraction of sp³-hybridized carbons (Fsp3) is 1.00. The molecule has 0 spiro atoms. The first-order valence-corrected chi connectivity index (χ1v) is 16.8. The highest BCUT2D eigenvalue weighted by Crippen LogP contribution is 2.52. The lowest BCUT2D eigenvalue weighted by Crippen LogP contribution is -2.28. The fourth-order valence-electron chi connectivity index (χ4n) is 5.44. The molecule has 2 fully saturated rings. The molecule has 4 atom stereocenters. The molecule has 2 rings (SSSR count). The SMILES string of the molecule is CCC(C1CCC([Si](C)(C)C)C1)C1CCC([Si](C)(C)C)C1. The van der Waals surface area contributed by atoms with Crippen LogP contribution in [0.3, 0.4) is 0 Å². The quantitative estimate of drug-likeness (QED) is 0.476. The van der Waals surface area contributed by atoms with Crippen molar-refractivity contribution in [3.05, 3.63) is 0 Å². The zero-order valence-corrected chi connectivity index (χ0v) is 17.8. The average molecular weight is 325 g/mol. The van der Waals surface area contributed by atoms with Crippen LogP contribution >= 0.6 is 0 Å². The summed E-state index contributed by atoms with van der Waals surface area (Å²) in [6.07, 6.45) is 10.8. The van der Waals surface area contributed by atoms with Crippen molar-refractivity contribution in [1.82, 2.24) is 0 Å². The van der Waals surface area contributed by atoms with Crippen molar-refractivity contribution < 1.29 is 0 Å². The van der Waals surface area contributed by atoms with Crippen LogP contribution in [0.25, 0.3) is 0 Å². The minimum atomic E-state index is -0.901. The van der Waals surface area contributed by atoms with Crippen LogP contribution in [-0.4, -0.2) is 16.1 Å². The summed E-state index contributed by atoms with van der Waals surface area (Å²) in [4.78, 5) is 0. The molecular formula is C19H40Si2. The Morgan fingerprint density at radius 3 is 1.33 bits per heavy atom. The molecule has 2 saturated carbocycles. The minimum absolute atomic E-state index is 0.901. The Morgan fingerprint density at radius 2 is 1.10 bits per heavy atom. The highest BCUT2D eigenvalue weighted by molar-refractivity contribution is 6.78. The van der Waals surface area contributed by atoms with Gasteiger partial charge in [-0.05, 0) is 41.7 Å². The first kappa shape index (κ1) is 17.8. The summed E-state index contributed by atoms with van der Waals surface area (Å²) in [5.74, 6) is 3.22. The molecule has 124 valence electrons. The molecule has 4 unspecified atom stereocenters. The molecule has 0 aromatic rings. The molecule has 0 bridgehead atoms. The summed E-state index contributed by atoms with van der Waals surface area (Å²) >= 11 is 0. The highest BCUT2D eigenvalue weighted by atomic mass is 28.3. The van der Waals surface area contributed by atoms with Gasteiger partial charge in [-0.3, -0.25) is 0 Å². The van der Waals surface area contributed by atoms with E-state index in [-0.39, 0.29) is 0 Å². The van der Waals surface area contributed by atoms with Crippen LogP contribution in [-0.2, 0) is 0 Å².